The van der Waals surface area contributed by atoms with Crippen molar-refractivity contribution in [1.82, 2.24) is 0 Å². The van der Waals surface area contributed by atoms with Gasteiger partial charge in [-0.1, -0.05) is 225 Å². The molecule has 1 heterocycles. The summed E-state index contributed by atoms with van der Waals surface area (Å²) in [5, 5.41) is 0. The first-order valence-corrected chi connectivity index (χ1v) is 24.8. The van der Waals surface area contributed by atoms with Crippen LogP contribution in [0.3, 0.4) is 0 Å². The van der Waals surface area contributed by atoms with Crippen molar-refractivity contribution >= 4 is 40.6 Å². The van der Waals surface area contributed by atoms with Crippen molar-refractivity contribution in [3.63, 3.8) is 0 Å². The van der Waals surface area contributed by atoms with E-state index < -0.39 is 5.41 Å². The van der Waals surface area contributed by atoms with E-state index in [0.29, 0.717) is 0 Å². The van der Waals surface area contributed by atoms with Crippen LogP contribution in [0.25, 0.3) is 44.5 Å². The molecule has 318 valence electrons. The number of anilines is 3. The second-order valence-corrected chi connectivity index (χ2v) is 20.5. The van der Waals surface area contributed by atoms with E-state index in [-0.39, 0.29) is 5.41 Å². The van der Waals surface area contributed by atoms with E-state index in [2.05, 4.69) is 255 Å². The van der Waals surface area contributed by atoms with E-state index in [1.54, 1.807) is 0 Å². The van der Waals surface area contributed by atoms with Crippen LogP contribution in [0.1, 0.15) is 47.2 Å². The van der Waals surface area contributed by atoms with Crippen LogP contribution in [0.5, 0.6) is 0 Å². The molecule has 3 heteroatoms. The summed E-state index contributed by atoms with van der Waals surface area (Å²) in [7, 11) is 0. The molecule has 0 aromatic heterocycles. The van der Waals surface area contributed by atoms with Crippen LogP contribution in [-0.2, 0) is 10.8 Å². The van der Waals surface area contributed by atoms with Crippen LogP contribution < -0.4 is 4.90 Å². The maximum Gasteiger partial charge on any atom is 0.0713 e. The number of hydrogen-bond acceptors (Lipinski definition) is 3. The Morgan fingerprint density at radius 1 is 0.328 bits per heavy atom. The van der Waals surface area contributed by atoms with Crippen molar-refractivity contribution in [2.24, 2.45) is 0 Å². The van der Waals surface area contributed by atoms with Gasteiger partial charge in [0.15, 0.2) is 0 Å². The molecule has 1 nitrogen and oxygen atoms in total. The molecule has 0 saturated heterocycles. The van der Waals surface area contributed by atoms with Gasteiger partial charge >= 0.3 is 0 Å². The molecule has 0 N–H and O–H groups in total. The quantitative estimate of drug-likeness (QED) is 0.157. The minimum absolute atomic E-state index is 0.109. The van der Waals surface area contributed by atoms with Crippen molar-refractivity contribution in [3.8, 4) is 44.5 Å². The second kappa shape index (κ2) is 15.7. The lowest BCUT2D eigenvalue weighted by molar-refractivity contribution is 0.660. The summed E-state index contributed by atoms with van der Waals surface area (Å²) in [5.74, 6) is 0. The number of nitrogens with zero attached hydrogens (tertiary/aromatic N) is 1. The molecule has 1 aliphatic heterocycles. The summed E-state index contributed by atoms with van der Waals surface area (Å²) >= 11 is 3.84. The zero-order valence-corrected chi connectivity index (χ0v) is 38.9. The molecule has 0 radical (unpaired) electrons. The van der Waals surface area contributed by atoms with E-state index in [0.717, 1.165) is 17.1 Å². The lowest BCUT2D eigenvalue weighted by atomic mass is 9.68. The lowest BCUT2D eigenvalue weighted by Crippen LogP contribution is -2.28. The van der Waals surface area contributed by atoms with Gasteiger partial charge in [0.05, 0.1) is 5.41 Å². The lowest BCUT2D eigenvalue weighted by Gasteiger charge is -2.34. The third-order valence-electron chi connectivity index (χ3n) is 14.4. The maximum absolute atomic E-state index is 2.42. The predicted molar refractivity (Wildman–Crippen MR) is 282 cm³/mol. The largest absolute Gasteiger partial charge is 0.310 e. The minimum Gasteiger partial charge on any atom is -0.310 e. The van der Waals surface area contributed by atoms with E-state index in [4.69, 9.17) is 0 Å². The zero-order chi connectivity index (χ0) is 44.7. The second-order valence-electron chi connectivity index (χ2n) is 18.4. The predicted octanol–water partition coefficient (Wildman–Crippen LogP) is 17.8. The fourth-order valence-electron chi connectivity index (χ4n) is 11.3. The molecule has 0 amide bonds. The van der Waals surface area contributed by atoms with Crippen molar-refractivity contribution < 1.29 is 0 Å². The third kappa shape index (κ3) is 6.18. The Morgan fingerprint density at radius 3 is 1.54 bits per heavy atom. The van der Waals surface area contributed by atoms with Crippen molar-refractivity contribution in [2.45, 2.75) is 44.3 Å². The van der Waals surface area contributed by atoms with Gasteiger partial charge in [0.1, 0.15) is 0 Å². The summed E-state index contributed by atoms with van der Waals surface area (Å²) < 4.78 is 0. The van der Waals surface area contributed by atoms with Crippen molar-refractivity contribution in [2.75, 3.05) is 4.90 Å². The molecule has 13 rings (SSSR count). The summed E-state index contributed by atoms with van der Waals surface area (Å²) in [4.78, 5) is 7.68. The number of hydrogen-bond donors (Lipinski definition) is 0. The van der Waals surface area contributed by atoms with Crippen LogP contribution >= 0.6 is 23.5 Å². The van der Waals surface area contributed by atoms with Gasteiger partial charge in [0.25, 0.3) is 0 Å². The molecule has 10 aromatic carbocycles. The number of rotatable bonds is 7. The van der Waals surface area contributed by atoms with Gasteiger partial charge in [-0.2, -0.15) is 0 Å². The fourth-order valence-corrected chi connectivity index (χ4v) is 13.9. The van der Waals surface area contributed by atoms with Crippen molar-refractivity contribution in [3.05, 3.63) is 270 Å². The maximum atomic E-state index is 2.42. The number of fused-ring (bicyclic) bond motifs is 9. The van der Waals surface area contributed by atoms with Gasteiger partial charge in [-0.25, -0.2) is 0 Å². The van der Waals surface area contributed by atoms with Crippen LogP contribution in [-0.4, -0.2) is 0 Å². The van der Waals surface area contributed by atoms with Crippen LogP contribution in [0.4, 0.5) is 17.1 Å². The van der Waals surface area contributed by atoms with Gasteiger partial charge in [0.2, 0.25) is 0 Å². The third-order valence-corrected chi connectivity index (χ3v) is 17.1. The highest BCUT2D eigenvalue weighted by Gasteiger charge is 2.47. The Morgan fingerprint density at radius 2 is 0.851 bits per heavy atom. The highest BCUT2D eigenvalue weighted by Crippen LogP contribution is 2.63. The molecular formula is C64H45NS2. The Kier molecular flexibility index (Phi) is 9.35. The molecule has 0 bridgehead atoms. The normalized spacial score (nSPS) is 14.2. The molecule has 0 unspecified atom stereocenters. The summed E-state index contributed by atoms with van der Waals surface area (Å²) in [6.45, 7) is 4.72. The smallest absolute Gasteiger partial charge is 0.0713 e. The molecule has 0 saturated carbocycles. The summed E-state index contributed by atoms with van der Waals surface area (Å²) in [6.07, 6.45) is 0. The Labute approximate surface area is 401 Å². The standard InChI is InChI=1S/C64H45NS2/c1-63(2)54-26-14-12-23-51(54)52-38-37-49(41-57(52)63)65(47-33-29-43(30-34-47)42-17-6-3-7-18-42)48-35-31-44(32-36-48)50-25-16-28-58-61(50)67-62-59(66-58)40-39-56-60(62)53-24-13-15-27-55(53)64(56,45-19-8-4-9-20-45)46-21-10-5-11-22-46/h3-41H,1-2H3. The van der Waals surface area contributed by atoms with E-state index in [9.17, 15) is 0 Å². The van der Waals surface area contributed by atoms with E-state index >= 15 is 0 Å². The van der Waals surface area contributed by atoms with Gasteiger partial charge in [-0.3, -0.25) is 0 Å². The first-order valence-electron chi connectivity index (χ1n) is 23.2. The van der Waals surface area contributed by atoms with Crippen molar-refractivity contribution in [1.29, 1.82) is 0 Å². The van der Waals surface area contributed by atoms with Gasteiger partial charge in [-0.05, 0) is 121 Å². The van der Waals surface area contributed by atoms with Gasteiger partial charge in [0, 0.05) is 47.6 Å². The average Bonchev–Trinajstić information content (AvgIpc) is 3.82. The molecule has 0 spiro atoms. The Hall–Kier alpha value is -7.30. The molecule has 3 aliphatic rings. The molecule has 10 aromatic rings. The highest BCUT2D eigenvalue weighted by atomic mass is 32.2. The van der Waals surface area contributed by atoms with Gasteiger partial charge in [-0.15, -0.1) is 0 Å². The fraction of sp³-hybridized carbons (Fsp3) is 0.0625. The first-order chi connectivity index (χ1) is 33.0. The van der Waals surface area contributed by atoms with E-state index in [1.165, 1.54) is 97.5 Å². The van der Waals surface area contributed by atoms with E-state index in [1.807, 2.05) is 23.5 Å². The minimum atomic E-state index is -0.434. The Bertz CT molecular complexity index is 3480. The molecule has 2 aliphatic carbocycles. The molecule has 0 fully saturated rings. The first kappa shape index (κ1) is 40.0. The monoisotopic (exact) mass is 891 g/mol. The Balaban J connectivity index is 0.911. The van der Waals surface area contributed by atoms with Crippen LogP contribution in [0.15, 0.2) is 256 Å². The summed E-state index contributed by atoms with van der Waals surface area (Å²) in [6, 6.07) is 87.9. The molecule has 0 atom stereocenters. The van der Waals surface area contributed by atoms with Crippen LogP contribution in [0, 0.1) is 0 Å². The average molecular weight is 892 g/mol. The van der Waals surface area contributed by atoms with Crippen LogP contribution in [0.2, 0.25) is 0 Å². The van der Waals surface area contributed by atoms with Gasteiger partial charge < -0.3 is 4.90 Å². The topological polar surface area (TPSA) is 3.24 Å². The zero-order valence-electron chi connectivity index (χ0n) is 37.3. The molecular weight excluding hydrogens is 847 g/mol. The number of benzene rings is 10. The molecule has 67 heavy (non-hydrogen) atoms. The SMILES string of the molecule is CC1(C)c2ccccc2-c2ccc(N(c3ccc(-c4ccccc4)cc3)c3ccc(-c4cccc5c4Sc4c(ccc6c4-c4ccccc4C6(c4ccccc4)c4ccccc4)S5)cc3)cc21. The summed E-state index contributed by atoms with van der Waals surface area (Å²) in [5.41, 5.74) is 21.1. The highest BCUT2D eigenvalue weighted by molar-refractivity contribution is 8.05.